The van der Waals surface area contributed by atoms with Crippen LogP contribution in [0.4, 0.5) is 5.69 Å². The molecule has 5 heteroatoms. The number of para-hydroxylation sites is 1. The molecule has 1 atom stereocenters. The van der Waals surface area contributed by atoms with E-state index in [4.69, 9.17) is 0 Å². The van der Waals surface area contributed by atoms with Gasteiger partial charge in [-0.2, -0.15) is 0 Å². The van der Waals surface area contributed by atoms with E-state index in [0.29, 0.717) is 24.2 Å². The van der Waals surface area contributed by atoms with Gasteiger partial charge < -0.3 is 4.90 Å². The summed E-state index contributed by atoms with van der Waals surface area (Å²) in [5, 5.41) is 0. The summed E-state index contributed by atoms with van der Waals surface area (Å²) in [6.07, 6.45) is 1.43. The molecule has 0 spiro atoms. The lowest BCUT2D eigenvalue weighted by Crippen LogP contribution is -2.46. The fourth-order valence-corrected chi connectivity index (χ4v) is 2.86. The second-order valence-corrected chi connectivity index (χ2v) is 4.87. The number of hydrogen-bond acceptors (Lipinski definition) is 3. The van der Waals surface area contributed by atoms with Crippen LogP contribution in [0.25, 0.3) is 0 Å². The minimum atomic E-state index is -0.496. The fraction of sp³-hybridized carbons (Fsp3) is 0.357. The van der Waals surface area contributed by atoms with E-state index >= 15 is 0 Å². The SMILES string of the molecule is CC(=O)N1C(=O)C2CCCN2C(=O)c2ccccc21. The third-order valence-electron chi connectivity index (χ3n) is 3.71. The van der Waals surface area contributed by atoms with Crippen molar-refractivity contribution in [2.75, 3.05) is 11.4 Å². The van der Waals surface area contributed by atoms with E-state index in [1.54, 1.807) is 29.2 Å². The quantitative estimate of drug-likeness (QED) is 0.702. The van der Waals surface area contributed by atoms with Gasteiger partial charge in [0.2, 0.25) is 5.91 Å². The Bertz CT molecular complexity index is 582. The number of imide groups is 1. The predicted molar refractivity (Wildman–Crippen MR) is 68.7 cm³/mol. The first-order chi connectivity index (χ1) is 9.11. The van der Waals surface area contributed by atoms with E-state index in [2.05, 4.69) is 0 Å². The van der Waals surface area contributed by atoms with Crippen LogP contribution >= 0.6 is 0 Å². The summed E-state index contributed by atoms with van der Waals surface area (Å²) in [4.78, 5) is 39.5. The number of rotatable bonds is 0. The molecule has 0 bridgehead atoms. The second-order valence-electron chi connectivity index (χ2n) is 4.87. The molecular formula is C14H14N2O3. The van der Waals surface area contributed by atoms with E-state index in [-0.39, 0.29) is 17.7 Å². The molecule has 2 aliphatic heterocycles. The molecule has 0 saturated carbocycles. The van der Waals surface area contributed by atoms with Crippen LogP contribution in [0.15, 0.2) is 24.3 Å². The topological polar surface area (TPSA) is 57.7 Å². The summed E-state index contributed by atoms with van der Waals surface area (Å²) in [5.41, 5.74) is 0.829. The lowest BCUT2D eigenvalue weighted by Gasteiger charge is -2.23. The van der Waals surface area contributed by atoms with Crippen molar-refractivity contribution in [2.45, 2.75) is 25.8 Å². The Balaban J connectivity index is 2.21. The van der Waals surface area contributed by atoms with Gasteiger partial charge >= 0.3 is 0 Å². The molecule has 0 radical (unpaired) electrons. The summed E-state index contributed by atoms with van der Waals surface area (Å²) in [5.74, 6) is -0.794. The Labute approximate surface area is 110 Å². The Morgan fingerprint density at radius 1 is 1.26 bits per heavy atom. The van der Waals surface area contributed by atoms with E-state index in [1.807, 2.05) is 0 Å². The molecule has 1 fully saturated rings. The standard InChI is InChI=1S/C14H14N2O3/c1-9(17)16-11-6-3-2-5-10(11)13(18)15-8-4-7-12(15)14(16)19/h2-3,5-6,12H,4,7-8H2,1H3. The van der Waals surface area contributed by atoms with Gasteiger partial charge in [-0.25, -0.2) is 4.90 Å². The summed E-state index contributed by atoms with van der Waals surface area (Å²) >= 11 is 0. The maximum absolute atomic E-state index is 12.5. The summed E-state index contributed by atoms with van der Waals surface area (Å²) < 4.78 is 0. The van der Waals surface area contributed by atoms with Gasteiger partial charge in [0.05, 0.1) is 11.3 Å². The highest BCUT2D eigenvalue weighted by molar-refractivity contribution is 6.21. The third kappa shape index (κ3) is 1.65. The molecule has 0 aliphatic carbocycles. The van der Waals surface area contributed by atoms with Crippen LogP contribution in [-0.2, 0) is 9.59 Å². The van der Waals surface area contributed by atoms with Crippen molar-refractivity contribution < 1.29 is 14.4 Å². The molecule has 5 nitrogen and oxygen atoms in total. The van der Waals surface area contributed by atoms with Crippen LogP contribution in [0, 0.1) is 0 Å². The highest BCUT2D eigenvalue weighted by Gasteiger charge is 2.43. The number of anilines is 1. The van der Waals surface area contributed by atoms with Crippen LogP contribution in [0.3, 0.4) is 0 Å². The van der Waals surface area contributed by atoms with Crippen LogP contribution in [0.5, 0.6) is 0 Å². The maximum atomic E-state index is 12.5. The van der Waals surface area contributed by atoms with Crippen molar-refractivity contribution in [2.24, 2.45) is 0 Å². The zero-order chi connectivity index (χ0) is 13.6. The van der Waals surface area contributed by atoms with E-state index in [0.717, 1.165) is 11.3 Å². The summed E-state index contributed by atoms with van der Waals surface area (Å²) in [6, 6.07) is 6.29. The number of carbonyl (C=O) groups is 3. The lowest BCUT2D eigenvalue weighted by atomic mass is 10.1. The first kappa shape index (κ1) is 11.9. The number of amides is 3. The molecular weight excluding hydrogens is 244 g/mol. The number of nitrogens with zero attached hydrogens (tertiary/aromatic N) is 2. The van der Waals surface area contributed by atoms with Crippen molar-refractivity contribution >= 4 is 23.4 Å². The van der Waals surface area contributed by atoms with Gasteiger partial charge in [0.1, 0.15) is 6.04 Å². The molecule has 98 valence electrons. The first-order valence-electron chi connectivity index (χ1n) is 6.36. The molecule has 0 aromatic heterocycles. The van der Waals surface area contributed by atoms with Gasteiger partial charge in [-0.05, 0) is 25.0 Å². The van der Waals surface area contributed by atoms with E-state index in [9.17, 15) is 14.4 Å². The lowest BCUT2D eigenvalue weighted by molar-refractivity contribution is -0.127. The molecule has 19 heavy (non-hydrogen) atoms. The van der Waals surface area contributed by atoms with Gasteiger partial charge in [0, 0.05) is 13.5 Å². The number of fused-ring (bicyclic) bond motifs is 2. The number of hydrogen-bond donors (Lipinski definition) is 0. The number of carbonyl (C=O) groups excluding carboxylic acids is 3. The Morgan fingerprint density at radius 2 is 2.00 bits per heavy atom. The van der Waals surface area contributed by atoms with Crippen LogP contribution in [0.1, 0.15) is 30.1 Å². The van der Waals surface area contributed by atoms with Crippen LogP contribution in [0.2, 0.25) is 0 Å². The van der Waals surface area contributed by atoms with Gasteiger partial charge in [0.15, 0.2) is 0 Å². The summed E-state index contributed by atoms with van der Waals surface area (Å²) in [7, 11) is 0. The molecule has 1 aromatic carbocycles. The molecule has 1 saturated heterocycles. The zero-order valence-electron chi connectivity index (χ0n) is 10.6. The minimum Gasteiger partial charge on any atom is -0.327 e. The maximum Gasteiger partial charge on any atom is 0.256 e. The molecule has 0 N–H and O–H groups in total. The van der Waals surface area contributed by atoms with Gasteiger partial charge in [-0.3, -0.25) is 14.4 Å². The zero-order valence-corrected chi connectivity index (χ0v) is 10.6. The predicted octanol–water partition coefficient (Wildman–Crippen LogP) is 1.18. The summed E-state index contributed by atoms with van der Waals surface area (Å²) in [6.45, 7) is 1.93. The molecule has 3 rings (SSSR count). The average Bonchev–Trinajstić information content (AvgIpc) is 2.84. The monoisotopic (exact) mass is 258 g/mol. The smallest absolute Gasteiger partial charge is 0.256 e. The Morgan fingerprint density at radius 3 is 2.74 bits per heavy atom. The van der Waals surface area contributed by atoms with Gasteiger partial charge in [0.25, 0.3) is 11.8 Å². The molecule has 1 aromatic rings. The van der Waals surface area contributed by atoms with Crippen LogP contribution in [-0.4, -0.2) is 35.2 Å². The first-order valence-corrected chi connectivity index (χ1v) is 6.36. The third-order valence-corrected chi connectivity index (χ3v) is 3.71. The van der Waals surface area contributed by atoms with Crippen LogP contribution < -0.4 is 4.90 Å². The van der Waals surface area contributed by atoms with Crippen molar-refractivity contribution in [3.8, 4) is 0 Å². The molecule has 2 heterocycles. The van der Waals surface area contributed by atoms with Crippen molar-refractivity contribution in [3.05, 3.63) is 29.8 Å². The van der Waals surface area contributed by atoms with Crippen molar-refractivity contribution in [1.82, 2.24) is 4.90 Å². The molecule has 3 amide bonds. The second kappa shape index (κ2) is 4.19. The average molecular weight is 258 g/mol. The van der Waals surface area contributed by atoms with E-state index < -0.39 is 6.04 Å². The molecule has 2 aliphatic rings. The largest absolute Gasteiger partial charge is 0.327 e. The fourth-order valence-electron chi connectivity index (χ4n) is 2.86. The Hall–Kier alpha value is -2.17. The molecule has 1 unspecified atom stereocenters. The van der Waals surface area contributed by atoms with Crippen molar-refractivity contribution in [1.29, 1.82) is 0 Å². The van der Waals surface area contributed by atoms with E-state index in [1.165, 1.54) is 6.92 Å². The Kier molecular flexibility index (Phi) is 2.62. The van der Waals surface area contributed by atoms with Gasteiger partial charge in [-0.1, -0.05) is 12.1 Å². The highest BCUT2D eigenvalue weighted by Crippen LogP contribution is 2.32. The minimum absolute atomic E-state index is 0.157. The highest BCUT2D eigenvalue weighted by atomic mass is 16.2. The van der Waals surface area contributed by atoms with Gasteiger partial charge in [-0.15, -0.1) is 0 Å². The van der Waals surface area contributed by atoms with Crippen molar-refractivity contribution in [3.63, 3.8) is 0 Å². The number of benzene rings is 1. The normalized spacial score (nSPS) is 22.1.